The Morgan fingerprint density at radius 3 is 2.54 bits per heavy atom. The Bertz CT molecular complexity index is 588. The summed E-state index contributed by atoms with van der Waals surface area (Å²) < 4.78 is 18.4. The highest BCUT2D eigenvalue weighted by molar-refractivity contribution is 5.87. The summed E-state index contributed by atoms with van der Waals surface area (Å²) in [7, 11) is 0. The molecule has 1 aromatic carbocycles. The van der Waals surface area contributed by atoms with Gasteiger partial charge in [0, 0.05) is 39.1 Å². The van der Waals surface area contributed by atoms with Gasteiger partial charge >= 0.3 is 0 Å². The highest BCUT2D eigenvalue weighted by Gasteiger charge is 2.25. The second kappa shape index (κ2) is 10.2. The lowest BCUT2D eigenvalue weighted by atomic mass is 10.1. The van der Waals surface area contributed by atoms with Crippen molar-refractivity contribution in [1.82, 2.24) is 15.1 Å². The minimum atomic E-state index is -0.586. The summed E-state index contributed by atoms with van der Waals surface area (Å²) in [6.45, 7) is 8.26. The smallest absolute Gasteiger partial charge is 0.242 e. The van der Waals surface area contributed by atoms with Crippen LogP contribution in [0.1, 0.15) is 25.8 Å². The van der Waals surface area contributed by atoms with Crippen LogP contribution in [0.25, 0.3) is 0 Å². The Hall–Kier alpha value is -1.99. The van der Waals surface area contributed by atoms with Gasteiger partial charge in [0.2, 0.25) is 11.8 Å². The molecule has 1 N–H and O–H groups in total. The topological polar surface area (TPSA) is 61.9 Å². The zero-order valence-corrected chi connectivity index (χ0v) is 15.5. The Labute approximate surface area is 154 Å². The predicted octanol–water partition coefficient (Wildman–Crippen LogP) is 1.40. The van der Waals surface area contributed by atoms with Crippen molar-refractivity contribution in [3.05, 3.63) is 35.6 Å². The van der Waals surface area contributed by atoms with Gasteiger partial charge in [-0.1, -0.05) is 19.1 Å². The molecule has 1 aliphatic rings. The molecule has 2 rings (SSSR count). The molecule has 0 radical (unpaired) electrons. The molecule has 1 heterocycles. The maximum atomic E-state index is 13.1. The van der Waals surface area contributed by atoms with Gasteiger partial charge in [0.1, 0.15) is 11.9 Å². The molecule has 6 nitrogen and oxygen atoms in total. The molecule has 1 aliphatic heterocycles. The lowest BCUT2D eigenvalue weighted by Gasteiger charge is -2.29. The van der Waals surface area contributed by atoms with Gasteiger partial charge in [-0.2, -0.15) is 0 Å². The molecule has 1 aromatic rings. The quantitative estimate of drug-likeness (QED) is 0.757. The lowest BCUT2D eigenvalue weighted by Crippen LogP contribution is -2.49. The first kappa shape index (κ1) is 20.3. The standard InChI is InChI=1S/C19H28FN3O3/c1-3-18(24)23(14-16-4-6-17(20)7-5-16)15(2)19(25)21-8-9-22-10-12-26-13-11-22/h4-7,15H,3,8-14H2,1-2H3,(H,21,25)/t15-/m0/s1. The molecule has 144 valence electrons. The number of halogens is 1. The molecule has 0 spiro atoms. The number of carbonyl (C=O) groups excluding carboxylic acids is 2. The Morgan fingerprint density at radius 2 is 1.92 bits per heavy atom. The molecule has 0 aliphatic carbocycles. The van der Waals surface area contributed by atoms with E-state index in [1.807, 2.05) is 0 Å². The van der Waals surface area contributed by atoms with E-state index in [1.54, 1.807) is 26.0 Å². The average molecular weight is 365 g/mol. The van der Waals surface area contributed by atoms with Crippen LogP contribution >= 0.6 is 0 Å². The Balaban J connectivity index is 1.89. The normalized spacial score (nSPS) is 16.1. The third kappa shape index (κ3) is 6.07. The molecule has 2 amide bonds. The van der Waals surface area contributed by atoms with Crippen LogP contribution in [0.3, 0.4) is 0 Å². The molecule has 26 heavy (non-hydrogen) atoms. The fourth-order valence-corrected chi connectivity index (χ4v) is 2.88. The number of rotatable bonds is 8. The van der Waals surface area contributed by atoms with Gasteiger partial charge in [0.25, 0.3) is 0 Å². The van der Waals surface area contributed by atoms with Gasteiger partial charge in [-0.05, 0) is 24.6 Å². The Kier molecular flexibility index (Phi) is 8.00. The number of nitrogens with zero attached hydrogens (tertiary/aromatic N) is 2. The van der Waals surface area contributed by atoms with Gasteiger partial charge in [0.15, 0.2) is 0 Å². The van der Waals surface area contributed by atoms with Crippen molar-refractivity contribution < 1.29 is 18.7 Å². The van der Waals surface area contributed by atoms with Crippen molar-refractivity contribution in [2.75, 3.05) is 39.4 Å². The van der Waals surface area contributed by atoms with Crippen molar-refractivity contribution in [1.29, 1.82) is 0 Å². The van der Waals surface area contributed by atoms with Crippen molar-refractivity contribution in [2.24, 2.45) is 0 Å². The van der Waals surface area contributed by atoms with Crippen molar-refractivity contribution >= 4 is 11.8 Å². The summed E-state index contributed by atoms with van der Waals surface area (Å²) in [5.74, 6) is -0.608. The second-order valence-electron chi connectivity index (χ2n) is 6.42. The highest BCUT2D eigenvalue weighted by atomic mass is 19.1. The molecular weight excluding hydrogens is 337 g/mol. The van der Waals surface area contributed by atoms with E-state index in [4.69, 9.17) is 4.74 Å². The van der Waals surface area contributed by atoms with Gasteiger partial charge in [-0.25, -0.2) is 4.39 Å². The summed E-state index contributed by atoms with van der Waals surface area (Å²) in [6.07, 6.45) is 0.312. The summed E-state index contributed by atoms with van der Waals surface area (Å²) in [6, 6.07) is 5.40. The van der Waals surface area contributed by atoms with E-state index in [-0.39, 0.29) is 24.2 Å². The van der Waals surface area contributed by atoms with Crippen LogP contribution in [0.5, 0.6) is 0 Å². The van der Waals surface area contributed by atoms with Crippen molar-refractivity contribution in [3.8, 4) is 0 Å². The number of carbonyl (C=O) groups is 2. The summed E-state index contributed by atoms with van der Waals surface area (Å²) >= 11 is 0. The molecule has 0 saturated carbocycles. The van der Waals surface area contributed by atoms with Gasteiger partial charge < -0.3 is 15.0 Å². The molecule has 1 saturated heterocycles. The Morgan fingerprint density at radius 1 is 1.27 bits per heavy atom. The number of morpholine rings is 1. The summed E-state index contributed by atoms with van der Waals surface area (Å²) in [5, 5.41) is 2.91. The number of amides is 2. The summed E-state index contributed by atoms with van der Waals surface area (Å²) in [5.41, 5.74) is 0.793. The second-order valence-corrected chi connectivity index (χ2v) is 6.42. The van der Waals surface area contributed by atoms with Crippen molar-refractivity contribution in [3.63, 3.8) is 0 Å². The minimum Gasteiger partial charge on any atom is -0.379 e. The molecule has 0 bridgehead atoms. The van der Waals surface area contributed by atoms with E-state index < -0.39 is 6.04 Å². The van der Waals surface area contributed by atoms with E-state index in [1.165, 1.54) is 17.0 Å². The number of hydrogen-bond donors (Lipinski definition) is 1. The number of hydrogen-bond acceptors (Lipinski definition) is 4. The minimum absolute atomic E-state index is 0.106. The van der Waals surface area contributed by atoms with Crippen LogP contribution in [-0.2, 0) is 20.9 Å². The molecule has 0 aromatic heterocycles. The van der Waals surface area contributed by atoms with E-state index in [2.05, 4.69) is 10.2 Å². The fourth-order valence-electron chi connectivity index (χ4n) is 2.88. The fraction of sp³-hybridized carbons (Fsp3) is 0.579. The average Bonchev–Trinajstić information content (AvgIpc) is 2.67. The van der Waals surface area contributed by atoms with Crippen LogP contribution in [0.2, 0.25) is 0 Å². The van der Waals surface area contributed by atoms with Crippen LogP contribution in [-0.4, -0.2) is 67.0 Å². The van der Waals surface area contributed by atoms with Gasteiger partial charge in [0.05, 0.1) is 13.2 Å². The zero-order valence-electron chi connectivity index (χ0n) is 15.5. The number of benzene rings is 1. The highest BCUT2D eigenvalue weighted by Crippen LogP contribution is 2.11. The zero-order chi connectivity index (χ0) is 18.9. The van der Waals surface area contributed by atoms with Crippen LogP contribution in [0.15, 0.2) is 24.3 Å². The van der Waals surface area contributed by atoms with E-state index >= 15 is 0 Å². The van der Waals surface area contributed by atoms with Crippen LogP contribution in [0.4, 0.5) is 4.39 Å². The first-order valence-corrected chi connectivity index (χ1v) is 9.13. The van der Waals surface area contributed by atoms with Crippen LogP contribution in [0, 0.1) is 5.82 Å². The predicted molar refractivity (Wildman–Crippen MR) is 97.0 cm³/mol. The van der Waals surface area contributed by atoms with Crippen LogP contribution < -0.4 is 5.32 Å². The number of ether oxygens (including phenoxy) is 1. The number of nitrogens with one attached hydrogen (secondary N) is 1. The first-order valence-electron chi connectivity index (χ1n) is 9.13. The van der Waals surface area contributed by atoms with E-state index in [0.717, 1.165) is 38.4 Å². The summed E-state index contributed by atoms with van der Waals surface area (Å²) in [4.78, 5) is 28.6. The lowest BCUT2D eigenvalue weighted by molar-refractivity contribution is -0.140. The van der Waals surface area contributed by atoms with E-state index in [9.17, 15) is 14.0 Å². The van der Waals surface area contributed by atoms with Crippen molar-refractivity contribution in [2.45, 2.75) is 32.9 Å². The maximum Gasteiger partial charge on any atom is 0.242 e. The molecular formula is C19H28FN3O3. The van der Waals surface area contributed by atoms with Gasteiger partial charge in [-0.3, -0.25) is 14.5 Å². The molecule has 0 unspecified atom stereocenters. The first-order chi connectivity index (χ1) is 12.5. The molecule has 7 heteroatoms. The SMILES string of the molecule is CCC(=O)N(Cc1ccc(F)cc1)[C@@H](C)C(=O)NCCN1CCOCC1. The molecule has 1 atom stereocenters. The largest absolute Gasteiger partial charge is 0.379 e. The van der Waals surface area contributed by atoms with Gasteiger partial charge in [-0.15, -0.1) is 0 Å². The monoisotopic (exact) mass is 365 g/mol. The molecule has 1 fully saturated rings. The third-order valence-corrected chi connectivity index (χ3v) is 4.57. The maximum absolute atomic E-state index is 13.1. The third-order valence-electron chi connectivity index (χ3n) is 4.57. The van der Waals surface area contributed by atoms with E-state index in [0.29, 0.717) is 13.0 Å².